The van der Waals surface area contributed by atoms with Crippen LogP contribution >= 0.6 is 39.1 Å². The molecule has 5 rings (SSSR count). The van der Waals surface area contributed by atoms with Gasteiger partial charge in [0.15, 0.2) is 0 Å². The van der Waals surface area contributed by atoms with Crippen molar-refractivity contribution in [1.29, 1.82) is 21.0 Å². The largest absolute Gasteiger partial charge is 0.384 e. The lowest BCUT2D eigenvalue weighted by atomic mass is 9.88. The monoisotopic (exact) mass is 948 g/mol. The van der Waals surface area contributed by atoms with Crippen LogP contribution in [0.2, 0.25) is 5.02 Å². The molecule has 0 fully saturated rings. The maximum Gasteiger partial charge on any atom is 0.122 e. The Labute approximate surface area is 391 Å². The normalized spacial score (nSPS) is 13.7. The smallest absolute Gasteiger partial charge is 0.122 e. The molecule has 0 radical (unpaired) electrons. The molecule has 8 N–H and O–H groups in total. The minimum Gasteiger partial charge on any atom is -0.384 e. The maximum atomic E-state index is 9.85. The van der Waals surface area contributed by atoms with Gasteiger partial charge < -0.3 is 32.7 Å². The molecule has 2 aromatic heterocycles. The van der Waals surface area contributed by atoms with Gasteiger partial charge in [0, 0.05) is 63.1 Å². The maximum absolute atomic E-state index is 9.85. The number of hydrogen-bond acceptors (Lipinski definition) is 12. The Hall–Kier alpha value is -6.68. The summed E-state index contributed by atoms with van der Waals surface area (Å²) >= 11 is 16.1. The second kappa shape index (κ2) is 32.1. The Kier molecular flexibility index (Phi) is 28.7. The quantitative estimate of drug-likeness (QED) is 0.116. The summed E-state index contributed by atoms with van der Waals surface area (Å²) in [6.45, 7) is 18.0. The molecule has 4 heterocycles. The zero-order chi connectivity index (χ0) is 47.9. The third kappa shape index (κ3) is 17.3. The Morgan fingerprint density at radius 2 is 1.40 bits per heavy atom. The first kappa shape index (κ1) is 56.3. The molecule has 1 aromatic carbocycles. The summed E-state index contributed by atoms with van der Waals surface area (Å²) in [5.74, 6) is 0.682. The predicted molar refractivity (Wildman–Crippen MR) is 262 cm³/mol. The zero-order valence-electron chi connectivity index (χ0n) is 37.0. The van der Waals surface area contributed by atoms with E-state index in [-0.39, 0.29) is 17.0 Å². The molecule has 3 aromatic rings. The molecule has 15 heteroatoms. The van der Waals surface area contributed by atoms with Crippen LogP contribution in [0.4, 0.5) is 0 Å². The van der Waals surface area contributed by atoms with Crippen LogP contribution in [0.5, 0.6) is 0 Å². The second-order valence-electron chi connectivity index (χ2n) is 12.1. The lowest BCUT2D eigenvalue weighted by Crippen LogP contribution is -2.31. The van der Waals surface area contributed by atoms with Crippen molar-refractivity contribution in [2.45, 2.75) is 41.0 Å². The summed E-state index contributed by atoms with van der Waals surface area (Å²) in [6, 6.07) is 23.3. The van der Waals surface area contributed by atoms with Crippen molar-refractivity contribution in [2.24, 2.45) is 11.5 Å². The first-order chi connectivity index (χ1) is 30.4. The average Bonchev–Trinajstić information content (AvgIpc) is 3.30. The highest BCUT2D eigenvalue weighted by atomic mass is 79.9. The Morgan fingerprint density at radius 3 is 1.79 bits per heavy atom. The first-order valence-electron chi connectivity index (χ1n) is 19.4. The van der Waals surface area contributed by atoms with Gasteiger partial charge in [-0.1, -0.05) is 109 Å². The molecule has 12 nitrogen and oxygen atoms in total. The van der Waals surface area contributed by atoms with Crippen LogP contribution in [0.1, 0.15) is 43.9 Å². The van der Waals surface area contributed by atoms with E-state index in [9.17, 15) is 21.0 Å². The number of rotatable bonds is 8. The van der Waals surface area contributed by atoms with Crippen molar-refractivity contribution >= 4 is 44.7 Å². The van der Waals surface area contributed by atoms with Gasteiger partial charge in [0.1, 0.15) is 47.1 Å². The number of halogens is 3. The van der Waals surface area contributed by atoms with Crippen LogP contribution < -0.4 is 32.7 Å². The van der Waals surface area contributed by atoms with Gasteiger partial charge in [-0.25, -0.2) is 0 Å². The summed E-state index contributed by atoms with van der Waals surface area (Å²) in [5.41, 5.74) is 16.9. The van der Waals surface area contributed by atoms with Crippen molar-refractivity contribution in [1.82, 2.24) is 31.2 Å². The van der Waals surface area contributed by atoms with Gasteiger partial charge >= 0.3 is 0 Å². The van der Waals surface area contributed by atoms with E-state index in [1.165, 1.54) is 18.2 Å². The van der Waals surface area contributed by atoms with Gasteiger partial charge in [-0.05, 0) is 88.8 Å². The lowest BCUT2D eigenvalue weighted by Gasteiger charge is -2.26. The van der Waals surface area contributed by atoms with Crippen molar-refractivity contribution < 1.29 is 0 Å². The minimum atomic E-state index is 0.168. The molecule has 0 aliphatic carbocycles. The van der Waals surface area contributed by atoms with Crippen molar-refractivity contribution in [3.63, 3.8) is 0 Å². The molecule has 328 valence electrons. The van der Waals surface area contributed by atoms with Gasteiger partial charge in [0.25, 0.3) is 0 Å². The molecule has 0 saturated heterocycles. The SMILES string of the molecule is C=C/C=C(Cl)\C(=C/C)C1=C(C#N)/C(=C(\Br)CCNC)NC(NC)=C1C#N.C=C1NC(N)=C(C#N)C(c2ccccc2Cl)=C1C#N.CC.CN.Cc1cccnc1.Cc1cccnc1. The molecular formula is C48H55BrCl2N12. The molecule has 0 spiro atoms. The van der Waals surface area contributed by atoms with Gasteiger partial charge in [-0.15, -0.1) is 0 Å². The Morgan fingerprint density at radius 1 is 0.857 bits per heavy atom. The third-order valence-electron chi connectivity index (χ3n) is 8.01. The molecule has 0 bridgehead atoms. The first-order valence-corrected chi connectivity index (χ1v) is 20.9. The number of nitrogens with zero attached hydrogens (tertiary/aromatic N) is 6. The summed E-state index contributed by atoms with van der Waals surface area (Å²) in [7, 11) is 5.07. The van der Waals surface area contributed by atoms with E-state index in [0.29, 0.717) is 67.1 Å². The summed E-state index contributed by atoms with van der Waals surface area (Å²) in [6.07, 6.45) is 12.9. The van der Waals surface area contributed by atoms with Crippen LogP contribution in [0.15, 0.2) is 171 Å². The average molecular weight is 951 g/mol. The standard InChI is InChI=1S/C19H21BrClN5.C14H9ClN4.2C6H7N.C2H6.CH5N/c1-5-7-16(21)12(6-2)17-13(10-22)18(15(20)8-9-24-3)26-19(25-4)14(17)11-23;1-8-10(6-16)13(11(7-17)14(18)19-8)9-4-2-3-5-12(9)15;2*1-6-3-2-4-7-5-6;2*1-2/h5-7,24-26H,1,8-9H2,2-4H3;2-5,19H,1,18H2;2*2-5H,1H3;1-2H3;2H2,1H3/b12-6+,16-7+,18-15+;;;;;. The number of aromatic nitrogens is 2. The Bertz CT molecular complexity index is 2360. The highest BCUT2D eigenvalue weighted by molar-refractivity contribution is 9.11. The van der Waals surface area contributed by atoms with Crippen molar-refractivity contribution in [2.75, 3.05) is 27.7 Å². The van der Waals surface area contributed by atoms with Gasteiger partial charge in [-0.2, -0.15) is 21.0 Å². The van der Waals surface area contributed by atoms with E-state index in [4.69, 9.17) is 28.9 Å². The lowest BCUT2D eigenvalue weighted by molar-refractivity contribution is 0.777. The number of benzene rings is 1. The molecule has 0 saturated carbocycles. The number of pyridine rings is 2. The number of hydrogen-bond donors (Lipinski definition) is 6. The van der Waals surface area contributed by atoms with Crippen molar-refractivity contribution in [3.8, 4) is 24.3 Å². The fraction of sp³-hybridized carbons (Fsp3) is 0.208. The molecule has 2 aliphatic heterocycles. The molecule has 63 heavy (non-hydrogen) atoms. The van der Waals surface area contributed by atoms with E-state index in [0.717, 1.165) is 11.0 Å². The number of allylic oxidation sites excluding steroid dienone is 11. The fourth-order valence-electron chi connectivity index (χ4n) is 5.23. The van der Waals surface area contributed by atoms with Crippen LogP contribution in [0, 0.1) is 59.2 Å². The minimum absolute atomic E-state index is 0.168. The molecule has 2 aliphatic rings. The van der Waals surface area contributed by atoms with Crippen LogP contribution in [-0.2, 0) is 0 Å². The summed E-state index contributed by atoms with van der Waals surface area (Å²) in [5, 5.41) is 50.9. The number of aryl methyl sites for hydroxylation is 2. The third-order valence-corrected chi connectivity index (χ3v) is 9.46. The van der Waals surface area contributed by atoms with Crippen LogP contribution in [0.3, 0.4) is 0 Å². The number of nitrogens with one attached hydrogen (secondary N) is 4. The zero-order valence-corrected chi connectivity index (χ0v) is 40.1. The van der Waals surface area contributed by atoms with E-state index in [2.05, 4.69) is 78.2 Å². The van der Waals surface area contributed by atoms with Gasteiger partial charge in [0.05, 0.1) is 22.5 Å². The molecule has 0 unspecified atom stereocenters. The second-order valence-corrected chi connectivity index (χ2v) is 13.9. The number of nitrogens with two attached hydrogens (primary N) is 2. The molecule has 0 amide bonds. The summed E-state index contributed by atoms with van der Waals surface area (Å²) < 4.78 is 0.824. The molecular weight excluding hydrogens is 895 g/mol. The molecule has 0 atom stereocenters. The predicted octanol–water partition coefficient (Wildman–Crippen LogP) is 9.64. The van der Waals surface area contributed by atoms with Crippen LogP contribution in [-0.4, -0.2) is 37.7 Å². The van der Waals surface area contributed by atoms with E-state index in [1.54, 1.807) is 61.9 Å². The summed E-state index contributed by atoms with van der Waals surface area (Å²) in [4.78, 5) is 7.77. The van der Waals surface area contributed by atoms with E-state index in [1.807, 2.05) is 90.5 Å². The fourth-order valence-corrected chi connectivity index (χ4v) is 6.25. The number of nitriles is 4. The topological polar surface area (TPSA) is 221 Å². The number of dihydropyridines is 2. The highest BCUT2D eigenvalue weighted by Crippen LogP contribution is 2.39. The van der Waals surface area contributed by atoms with E-state index < -0.39 is 0 Å². The van der Waals surface area contributed by atoms with Gasteiger partial charge in [-0.3, -0.25) is 9.97 Å². The highest BCUT2D eigenvalue weighted by Gasteiger charge is 2.30. The van der Waals surface area contributed by atoms with Gasteiger partial charge in [0.2, 0.25) is 0 Å². The van der Waals surface area contributed by atoms with Crippen LogP contribution in [0.25, 0.3) is 5.57 Å². The van der Waals surface area contributed by atoms with Crippen molar-refractivity contribution in [3.05, 3.63) is 192 Å². The van der Waals surface area contributed by atoms with E-state index >= 15 is 0 Å². The Balaban J connectivity index is 0.000000893.